The highest BCUT2D eigenvalue weighted by molar-refractivity contribution is 7.13. The molecule has 0 radical (unpaired) electrons. The van der Waals surface area contributed by atoms with Crippen LogP contribution in [0.1, 0.15) is 44.1 Å². The van der Waals surface area contributed by atoms with Crippen molar-refractivity contribution in [1.29, 1.82) is 0 Å². The molecule has 0 N–H and O–H groups in total. The molecule has 0 unspecified atom stereocenters. The minimum absolute atomic E-state index is 0.676. The number of thiazole rings is 1. The van der Waals surface area contributed by atoms with E-state index in [4.69, 9.17) is 9.97 Å². The Morgan fingerprint density at radius 3 is 2.82 bits per heavy atom. The smallest absolute Gasteiger partial charge is 0.169 e. The van der Waals surface area contributed by atoms with Gasteiger partial charge in [0.25, 0.3) is 0 Å². The third-order valence-corrected chi connectivity index (χ3v) is 6.48. The van der Waals surface area contributed by atoms with Gasteiger partial charge in [0.1, 0.15) is 5.82 Å². The number of nitrogens with zero attached hydrogens (tertiary/aromatic N) is 6. The van der Waals surface area contributed by atoms with Gasteiger partial charge >= 0.3 is 0 Å². The lowest BCUT2D eigenvalue weighted by molar-refractivity contribution is 0.539. The van der Waals surface area contributed by atoms with Crippen LogP contribution in [0, 0.1) is 5.92 Å². The number of aromatic nitrogens is 6. The van der Waals surface area contributed by atoms with Crippen molar-refractivity contribution < 1.29 is 0 Å². The molecule has 0 spiro atoms. The minimum Gasteiger partial charge on any atom is -0.325 e. The SMILES string of the molecule is CCn1c(Cn2ccnc2-c2nccs2)nc2cc(CC3CCCC3)ncc21. The number of fused-ring (bicyclic) bond motifs is 1. The second-order valence-corrected chi connectivity index (χ2v) is 8.40. The molecule has 1 saturated carbocycles. The van der Waals surface area contributed by atoms with Gasteiger partial charge in [-0.15, -0.1) is 11.3 Å². The van der Waals surface area contributed by atoms with Crippen LogP contribution >= 0.6 is 11.3 Å². The van der Waals surface area contributed by atoms with Gasteiger partial charge in [-0.05, 0) is 25.3 Å². The predicted molar refractivity (Wildman–Crippen MR) is 111 cm³/mol. The zero-order valence-corrected chi connectivity index (χ0v) is 16.9. The molecule has 6 nitrogen and oxygen atoms in total. The standard InChI is InChI=1S/C21H24N6S/c1-2-27-18-13-24-16(11-15-5-3-4-6-15)12-17(18)25-19(27)14-26-9-7-22-20(26)21-23-8-10-28-21/h7-10,12-13,15H,2-6,11,14H2,1H3. The fraction of sp³-hybridized carbons (Fsp3) is 0.429. The van der Waals surface area contributed by atoms with Crippen molar-refractivity contribution in [2.75, 3.05) is 0 Å². The first kappa shape index (κ1) is 17.6. The molecule has 28 heavy (non-hydrogen) atoms. The summed E-state index contributed by atoms with van der Waals surface area (Å²) < 4.78 is 4.38. The van der Waals surface area contributed by atoms with E-state index in [-0.39, 0.29) is 0 Å². The third kappa shape index (κ3) is 3.24. The summed E-state index contributed by atoms with van der Waals surface area (Å²) in [4.78, 5) is 18.6. The van der Waals surface area contributed by atoms with E-state index in [0.29, 0.717) is 6.54 Å². The number of hydrogen-bond donors (Lipinski definition) is 0. The van der Waals surface area contributed by atoms with Crippen molar-refractivity contribution in [3.8, 4) is 10.8 Å². The number of imidazole rings is 2. The van der Waals surface area contributed by atoms with Crippen LogP contribution in [0.25, 0.3) is 21.9 Å². The molecule has 4 aromatic rings. The van der Waals surface area contributed by atoms with Crippen LogP contribution in [-0.2, 0) is 19.5 Å². The summed E-state index contributed by atoms with van der Waals surface area (Å²) in [6.07, 6.45) is 14.2. The molecule has 5 rings (SSSR count). The number of rotatable bonds is 6. The molecule has 4 aromatic heterocycles. The molecule has 7 heteroatoms. The lowest BCUT2D eigenvalue weighted by Gasteiger charge is -2.09. The Bertz CT molecular complexity index is 1070. The third-order valence-electron chi connectivity index (χ3n) is 5.71. The van der Waals surface area contributed by atoms with Crippen molar-refractivity contribution >= 4 is 22.4 Å². The van der Waals surface area contributed by atoms with Crippen LogP contribution in [0.2, 0.25) is 0 Å². The number of pyridine rings is 1. The number of aryl methyl sites for hydroxylation is 1. The van der Waals surface area contributed by atoms with E-state index in [1.807, 2.05) is 30.2 Å². The average molecular weight is 393 g/mol. The monoisotopic (exact) mass is 392 g/mol. The van der Waals surface area contributed by atoms with Crippen LogP contribution in [0.4, 0.5) is 0 Å². The molecule has 4 heterocycles. The van der Waals surface area contributed by atoms with E-state index in [2.05, 4.69) is 32.1 Å². The highest BCUT2D eigenvalue weighted by atomic mass is 32.1. The van der Waals surface area contributed by atoms with Gasteiger partial charge in [0, 0.05) is 36.2 Å². The lowest BCUT2D eigenvalue weighted by Crippen LogP contribution is -2.08. The van der Waals surface area contributed by atoms with E-state index in [1.165, 1.54) is 31.4 Å². The van der Waals surface area contributed by atoms with E-state index >= 15 is 0 Å². The molecule has 1 aliphatic rings. The number of hydrogen-bond acceptors (Lipinski definition) is 5. The van der Waals surface area contributed by atoms with Gasteiger partial charge in [0.2, 0.25) is 0 Å². The minimum atomic E-state index is 0.676. The Labute approximate surface area is 168 Å². The van der Waals surface area contributed by atoms with Gasteiger partial charge in [-0.1, -0.05) is 25.7 Å². The predicted octanol–water partition coefficient (Wildman–Crippen LogP) is 4.55. The molecular weight excluding hydrogens is 368 g/mol. The Kier molecular flexibility index (Phi) is 4.68. The second kappa shape index (κ2) is 7.47. The topological polar surface area (TPSA) is 61.4 Å². The Morgan fingerprint density at radius 2 is 2.04 bits per heavy atom. The zero-order chi connectivity index (χ0) is 18.9. The summed E-state index contributed by atoms with van der Waals surface area (Å²) in [6, 6.07) is 2.19. The molecule has 0 aliphatic heterocycles. The van der Waals surface area contributed by atoms with Gasteiger partial charge in [0.15, 0.2) is 10.8 Å². The van der Waals surface area contributed by atoms with Crippen molar-refractivity contribution in [3.63, 3.8) is 0 Å². The van der Waals surface area contributed by atoms with Gasteiger partial charge in [-0.2, -0.15) is 0 Å². The molecule has 0 amide bonds. The maximum absolute atomic E-state index is 4.97. The maximum Gasteiger partial charge on any atom is 0.169 e. The van der Waals surface area contributed by atoms with Gasteiger partial charge in [-0.3, -0.25) is 4.98 Å². The lowest BCUT2D eigenvalue weighted by atomic mass is 10.0. The van der Waals surface area contributed by atoms with E-state index in [9.17, 15) is 0 Å². The van der Waals surface area contributed by atoms with Crippen molar-refractivity contribution in [1.82, 2.24) is 29.1 Å². The van der Waals surface area contributed by atoms with Crippen LogP contribution in [-0.4, -0.2) is 29.1 Å². The van der Waals surface area contributed by atoms with Crippen molar-refractivity contribution in [2.24, 2.45) is 5.92 Å². The highest BCUT2D eigenvalue weighted by Gasteiger charge is 2.18. The average Bonchev–Trinajstić information content (AvgIpc) is 3.49. The first-order chi connectivity index (χ1) is 13.8. The Balaban J connectivity index is 1.47. The molecule has 144 valence electrons. The van der Waals surface area contributed by atoms with Gasteiger partial charge in [-0.25, -0.2) is 15.0 Å². The largest absolute Gasteiger partial charge is 0.325 e. The zero-order valence-electron chi connectivity index (χ0n) is 16.1. The molecule has 1 fully saturated rings. The van der Waals surface area contributed by atoms with Gasteiger partial charge in [0.05, 0.1) is 23.8 Å². The van der Waals surface area contributed by atoms with E-state index < -0.39 is 0 Å². The van der Waals surface area contributed by atoms with Crippen LogP contribution in [0.5, 0.6) is 0 Å². The van der Waals surface area contributed by atoms with Crippen LogP contribution < -0.4 is 0 Å². The summed E-state index contributed by atoms with van der Waals surface area (Å²) >= 11 is 1.61. The van der Waals surface area contributed by atoms with E-state index in [0.717, 1.165) is 46.6 Å². The fourth-order valence-electron chi connectivity index (χ4n) is 4.33. The fourth-order valence-corrected chi connectivity index (χ4v) is 4.98. The maximum atomic E-state index is 4.97. The molecule has 0 aromatic carbocycles. The molecule has 0 bridgehead atoms. The Morgan fingerprint density at radius 1 is 1.14 bits per heavy atom. The molecular formula is C21H24N6S. The summed E-state index contributed by atoms with van der Waals surface area (Å²) in [7, 11) is 0. The summed E-state index contributed by atoms with van der Waals surface area (Å²) in [6.45, 7) is 3.71. The molecule has 1 aliphatic carbocycles. The van der Waals surface area contributed by atoms with E-state index in [1.54, 1.807) is 11.3 Å². The van der Waals surface area contributed by atoms with Crippen LogP contribution in [0.15, 0.2) is 36.2 Å². The Hall–Kier alpha value is -2.54. The van der Waals surface area contributed by atoms with Crippen LogP contribution in [0.3, 0.4) is 0 Å². The van der Waals surface area contributed by atoms with Crippen molar-refractivity contribution in [3.05, 3.63) is 47.8 Å². The molecule has 0 saturated heterocycles. The van der Waals surface area contributed by atoms with Crippen molar-refractivity contribution in [2.45, 2.75) is 52.1 Å². The highest BCUT2D eigenvalue weighted by Crippen LogP contribution is 2.28. The van der Waals surface area contributed by atoms with Gasteiger partial charge < -0.3 is 9.13 Å². The normalized spacial score (nSPS) is 15.0. The summed E-state index contributed by atoms with van der Waals surface area (Å²) in [5, 5.41) is 2.91. The first-order valence-electron chi connectivity index (χ1n) is 10.1. The quantitative estimate of drug-likeness (QED) is 0.483. The summed E-state index contributed by atoms with van der Waals surface area (Å²) in [5.74, 6) is 2.72. The summed E-state index contributed by atoms with van der Waals surface area (Å²) in [5.41, 5.74) is 3.34. The first-order valence-corrected chi connectivity index (χ1v) is 10.9. The molecule has 0 atom stereocenters. The second-order valence-electron chi connectivity index (χ2n) is 7.51.